The fraction of sp³-hybridized carbons (Fsp3) is 0.750. The van der Waals surface area contributed by atoms with E-state index in [-0.39, 0.29) is 12.0 Å². The van der Waals surface area contributed by atoms with E-state index in [1.54, 1.807) is 4.68 Å². The summed E-state index contributed by atoms with van der Waals surface area (Å²) in [6, 6.07) is 0.278. The number of hydrogen-bond donors (Lipinski definition) is 0. The van der Waals surface area contributed by atoms with Gasteiger partial charge in [0.2, 0.25) is 6.33 Å². The first-order valence-electron chi connectivity index (χ1n) is 5.02. The van der Waals surface area contributed by atoms with Crippen LogP contribution < -0.4 is 0 Å². The standard InChI is InChI=1S/C8H11N5O2/c14-13(15)8-9-5-12(10-8)7-4-11-2-1-6(7)3-11/h5-7H,1-4H2/t6-,7-/m0/s1. The molecule has 3 atom stereocenters. The third kappa shape index (κ3) is 1.30. The largest absolute Gasteiger partial charge is 0.490 e. The van der Waals surface area contributed by atoms with Crippen LogP contribution in [0.1, 0.15) is 12.5 Å². The zero-order valence-electron chi connectivity index (χ0n) is 8.11. The highest BCUT2D eigenvalue weighted by Crippen LogP contribution is 2.35. The number of nitro groups is 1. The van der Waals surface area contributed by atoms with Gasteiger partial charge >= 0.3 is 5.95 Å². The Hall–Kier alpha value is -1.50. The van der Waals surface area contributed by atoms with Crippen LogP contribution in [0.4, 0.5) is 5.95 Å². The number of rotatable bonds is 2. The average molecular weight is 209 g/mol. The molecule has 0 radical (unpaired) electrons. The van der Waals surface area contributed by atoms with Crippen LogP contribution in [-0.4, -0.2) is 44.2 Å². The molecule has 1 aromatic heterocycles. The van der Waals surface area contributed by atoms with Gasteiger partial charge < -0.3 is 15.0 Å². The molecule has 3 rings (SSSR count). The summed E-state index contributed by atoms with van der Waals surface area (Å²) in [6.07, 6.45) is 2.64. The third-order valence-electron chi connectivity index (χ3n) is 3.30. The van der Waals surface area contributed by atoms with E-state index in [9.17, 15) is 10.1 Å². The Morgan fingerprint density at radius 3 is 2.93 bits per heavy atom. The first kappa shape index (κ1) is 8.78. The molecule has 0 amide bonds. The second-order valence-electron chi connectivity index (χ2n) is 4.16. The van der Waals surface area contributed by atoms with Crippen molar-refractivity contribution in [1.29, 1.82) is 0 Å². The lowest BCUT2D eigenvalue weighted by atomic mass is 10.0. The second kappa shape index (κ2) is 2.99. The van der Waals surface area contributed by atoms with Crippen LogP contribution in [0.25, 0.3) is 0 Å². The minimum absolute atomic E-state index is 0.278. The van der Waals surface area contributed by atoms with Gasteiger partial charge in [-0.3, -0.25) is 0 Å². The molecule has 2 fully saturated rings. The Bertz CT molecular complexity index is 403. The maximum Gasteiger partial charge on any atom is 0.490 e. The molecule has 0 aliphatic carbocycles. The average Bonchev–Trinajstić information content (AvgIpc) is 2.93. The number of piperidine rings is 1. The number of hydrogen-bond acceptors (Lipinski definition) is 5. The second-order valence-corrected chi connectivity index (χ2v) is 4.16. The molecule has 7 nitrogen and oxygen atoms in total. The minimum atomic E-state index is -0.552. The summed E-state index contributed by atoms with van der Waals surface area (Å²) in [7, 11) is 0. The fourth-order valence-electron chi connectivity index (χ4n) is 2.56. The molecule has 0 aromatic carbocycles. The van der Waals surface area contributed by atoms with Crippen molar-refractivity contribution in [3.63, 3.8) is 0 Å². The molecule has 0 N–H and O–H groups in total. The summed E-state index contributed by atoms with van der Waals surface area (Å²) >= 11 is 0. The first-order valence-corrected chi connectivity index (χ1v) is 5.02. The predicted molar refractivity (Wildman–Crippen MR) is 50.3 cm³/mol. The monoisotopic (exact) mass is 209 g/mol. The molecule has 2 aliphatic heterocycles. The minimum Gasteiger partial charge on any atom is -0.390 e. The molecule has 1 unspecified atom stereocenters. The van der Waals surface area contributed by atoms with Crippen molar-refractivity contribution >= 4 is 5.95 Å². The summed E-state index contributed by atoms with van der Waals surface area (Å²) in [4.78, 5) is 15.9. The van der Waals surface area contributed by atoms with Crippen molar-refractivity contribution in [2.24, 2.45) is 5.92 Å². The highest BCUT2D eigenvalue weighted by Gasteiger charge is 2.41. The molecule has 1 aromatic rings. The topological polar surface area (TPSA) is 77.1 Å². The van der Waals surface area contributed by atoms with E-state index in [1.807, 2.05) is 0 Å². The summed E-state index contributed by atoms with van der Waals surface area (Å²) in [5.74, 6) is 0.291. The van der Waals surface area contributed by atoms with Gasteiger partial charge in [0.1, 0.15) is 0 Å². The van der Waals surface area contributed by atoms with Crippen molar-refractivity contribution in [2.45, 2.75) is 12.5 Å². The van der Waals surface area contributed by atoms with Gasteiger partial charge in [-0.1, -0.05) is 4.98 Å². The van der Waals surface area contributed by atoms with Crippen LogP contribution in [0.2, 0.25) is 0 Å². The molecular formula is C8H11N5O2. The first-order chi connectivity index (χ1) is 7.24. The molecule has 15 heavy (non-hydrogen) atoms. The maximum absolute atomic E-state index is 10.4. The summed E-state index contributed by atoms with van der Waals surface area (Å²) in [5.41, 5.74) is 0. The Morgan fingerprint density at radius 2 is 2.40 bits per heavy atom. The highest BCUT2D eigenvalue weighted by molar-refractivity contribution is 5.01. The lowest BCUT2D eigenvalue weighted by molar-refractivity contribution is -0.394. The molecule has 7 heteroatoms. The number of aromatic nitrogens is 3. The van der Waals surface area contributed by atoms with E-state index >= 15 is 0 Å². The van der Waals surface area contributed by atoms with E-state index in [4.69, 9.17) is 0 Å². The molecule has 2 bridgehead atoms. The van der Waals surface area contributed by atoms with Gasteiger partial charge in [0, 0.05) is 18.2 Å². The summed E-state index contributed by atoms with van der Waals surface area (Å²) in [6.45, 7) is 3.20. The Morgan fingerprint density at radius 1 is 1.53 bits per heavy atom. The van der Waals surface area contributed by atoms with Crippen LogP contribution in [0.5, 0.6) is 0 Å². The Kier molecular flexibility index (Phi) is 1.75. The van der Waals surface area contributed by atoms with Crippen molar-refractivity contribution in [3.05, 3.63) is 16.4 Å². The number of nitrogens with zero attached hydrogens (tertiary/aromatic N) is 5. The van der Waals surface area contributed by atoms with E-state index in [0.29, 0.717) is 5.92 Å². The van der Waals surface area contributed by atoms with E-state index < -0.39 is 4.92 Å². The van der Waals surface area contributed by atoms with Gasteiger partial charge in [-0.25, -0.2) is 0 Å². The third-order valence-corrected chi connectivity index (χ3v) is 3.30. The van der Waals surface area contributed by atoms with Crippen molar-refractivity contribution < 1.29 is 4.92 Å². The lowest BCUT2D eigenvalue weighted by Gasteiger charge is -2.19. The van der Waals surface area contributed by atoms with E-state index in [0.717, 1.165) is 19.6 Å². The molecule has 3 heterocycles. The van der Waals surface area contributed by atoms with Crippen molar-refractivity contribution in [3.8, 4) is 0 Å². The molecule has 80 valence electrons. The van der Waals surface area contributed by atoms with Gasteiger partial charge in [-0.05, 0) is 23.8 Å². The SMILES string of the molecule is O=[N+]([O-])c1ncn([C@H]2CN3CC[C@H]2C3)n1. The van der Waals surface area contributed by atoms with Gasteiger partial charge in [0.15, 0.2) is 0 Å². The van der Waals surface area contributed by atoms with Crippen molar-refractivity contribution in [1.82, 2.24) is 19.7 Å². The quantitative estimate of drug-likeness (QED) is 0.508. The molecular weight excluding hydrogens is 198 g/mol. The maximum atomic E-state index is 10.4. The molecule has 2 aliphatic rings. The molecule has 0 spiro atoms. The molecule has 2 saturated heterocycles. The smallest absolute Gasteiger partial charge is 0.390 e. The van der Waals surface area contributed by atoms with Crippen LogP contribution in [0, 0.1) is 16.0 Å². The lowest BCUT2D eigenvalue weighted by Crippen LogP contribution is -2.26. The zero-order valence-corrected chi connectivity index (χ0v) is 8.11. The van der Waals surface area contributed by atoms with Gasteiger partial charge in [-0.15, -0.1) is 0 Å². The normalized spacial score (nSPS) is 33.5. The van der Waals surface area contributed by atoms with Crippen LogP contribution >= 0.6 is 0 Å². The van der Waals surface area contributed by atoms with Crippen LogP contribution in [0.3, 0.4) is 0 Å². The van der Waals surface area contributed by atoms with Gasteiger partial charge in [0.25, 0.3) is 0 Å². The zero-order chi connectivity index (χ0) is 10.4. The van der Waals surface area contributed by atoms with Crippen molar-refractivity contribution in [2.75, 3.05) is 19.6 Å². The van der Waals surface area contributed by atoms with E-state index in [2.05, 4.69) is 15.0 Å². The van der Waals surface area contributed by atoms with Crippen LogP contribution in [-0.2, 0) is 0 Å². The fourth-order valence-corrected chi connectivity index (χ4v) is 2.56. The highest BCUT2D eigenvalue weighted by atomic mass is 16.6. The summed E-state index contributed by atoms with van der Waals surface area (Å²) in [5, 5.41) is 14.3. The number of fused-ring (bicyclic) bond motifs is 2. The summed E-state index contributed by atoms with van der Waals surface area (Å²) < 4.78 is 1.65. The Labute approximate surface area is 85.8 Å². The Balaban J connectivity index is 1.84. The van der Waals surface area contributed by atoms with Crippen LogP contribution in [0.15, 0.2) is 6.33 Å². The predicted octanol–water partition coefficient (Wildman–Crippen LogP) is 0.0629. The van der Waals surface area contributed by atoms with Gasteiger partial charge in [-0.2, -0.15) is 4.68 Å². The molecule has 0 saturated carbocycles. The van der Waals surface area contributed by atoms with E-state index in [1.165, 1.54) is 12.7 Å². The van der Waals surface area contributed by atoms with Gasteiger partial charge in [0.05, 0.1) is 6.04 Å².